The van der Waals surface area contributed by atoms with Crippen molar-refractivity contribution in [2.45, 2.75) is 64.7 Å². The quantitative estimate of drug-likeness (QED) is 0.338. The minimum Gasteiger partial charge on any atom is -0.437 e. The summed E-state index contributed by atoms with van der Waals surface area (Å²) in [6, 6.07) is 15.1. The Kier molecular flexibility index (Phi) is 4.64. The second kappa shape index (κ2) is 7.43. The van der Waals surface area contributed by atoms with E-state index in [1.165, 1.54) is 44.1 Å². The first kappa shape index (κ1) is 20.0. The summed E-state index contributed by atoms with van der Waals surface area (Å²) >= 11 is 0. The van der Waals surface area contributed by atoms with Gasteiger partial charge in [-0.25, -0.2) is 4.98 Å². The summed E-state index contributed by atoms with van der Waals surface area (Å²) in [4.78, 5) is 9.60. The predicted molar refractivity (Wildman–Crippen MR) is 131 cm³/mol. The molecule has 3 fully saturated rings. The molecular weight excluding hydrogens is 392 g/mol. The lowest BCUT2D eigenvalue weighted by Gasteiger charge is -2.42. The number of para-hydroxylation sites is 1. The van der Waals surface area contributed by atoms with Crippen molar-refractivity contribution in [2.75, 3.05) is 0 Å². The van der Waals surface area contributed by atoms with Gasteiger partial charge in [-0.15, -0.1) is 0 Å². The van der Waals surface area contributed by atoms with E-state index in [-0.39, 0.29) is 5.41 Å². The number of aromatic nitrogens is 2. The molecule has 1 unspecified atom stereocenters. The Morgan fingerprint density at radius 2 is 1.81 bits per heavy atom. The van der Waals surface area contributed by atoms with Crippen LogP contribution in [-0.4, -0.2) is 9.97 Å². The average Bonchev–Trinajstić information content (AvgIpc) is 3.17. The molecule has 3 nitrogen and oxygen atoms in total. The highest BCUT2D eigenvalue weighted by atomic mass is 16.3. The molecular formula is C29H32N2O. The third-order valence-electron chi connectivity index (χ3n) is 7.92. The molecule has 3 saturated carbocycles. The van der Waals surface area contributed by atoms with Crippen molar-refractivity contribution in [1.82, 2.24) is 9.97 Å². The lowest BCUT2D eigenvalue weighted by atomic mass is 9.63. The van der Waals surface area contributed by atoms with Crippen molar-refractivity contribution in [1.29, 1.82) is 0 Å². The zero-order valence-electron chi connectivity index (χ0n) is 19.4. The molecule has 164 valence electrons. The number of hydrogen-bond donors (Lipinski definition) is 0. The topological polar surface area (TPSA) is 38.9 Å². The van der Waals surface area contributed by atoms with Gasteiger partial charge in [-0.2, -0.15) is 0 Å². The largest absolute Gasteiger partial charge is 0.437 e. The lowest BCUT2D eigenvalue weighted by molar-refractivity contribution is 0.0991. The summed E-state index contributed by atoms with van der Waals surface area (Å²) in [5.74, 6) is 2.75. The van der Waals surface area contributed by atoms with E-state index in [1.807, 2.05) is 6.20 Å². The summed E-state index contributed by atoms with van der Waals surface area (Å²) in [5, 5.41) is 2.19. The zero-order valence-corrected chi connectivity index (χ0v) is 19.4. The van der Waals surface area contributed by atoms with E-state index >= 15 is 0 Å². The van der Waals surface area contributed by atoms with Crippen LogP contribution in [0, 0.1) is 17.8 Å². The predicted octanol–water partition coefficient (Wildman–Crippen LogP) is 7.71. The zero-order chi connectivity index (χ0) is 21.9. The summed E-state index contributed by atoms with van der Waals surface area (Å²) in [7, 11) is 0. The van der Waals surface area contributed by atoms with Gasteiger partial charge in [-0.3, -0.25) is 4.98 Å². The van der Waals surface area contributed by atoms with Crippen LogP contribution in [0.2, 0.25) is 0 Å². The molecule has 3 aliphatic carbocycles. The van der Waals surface area contributed by atoms with Crippen molar-refractivity contribution >= 4 is 22.1 Å². The van der Waals surface area contributed by atoms with Gasteiger partial charge in [0.15, 0.2) is 0 Å². The molecule has 3 heterocycles. The van der Waals surface area contributed by atoms with E-state index < -0.39 is 0 Å². The van der Waals surface area contributed by atoms with E-state index in [2.05, 4.69) is 63.2 Å². The third-order valence-corrected chi connectivity index (χ3v) is 7.92. The number of hydrogen-bond acceptors (Lipinski definition) is 3. The fourth-order valence-corrected chi connectivity index (χ4v) is 6.12. The fraction of sp³-hybridized carbons (Fsp3) is 0.448. The van der Waals surface area contributed by atoms with Crippen LogP contribution in [0.1, 0.15) is 64.1 Å². The number of rotatable bonds is 3. The first-order valence-electron chi connectivity index (χ1n) is 12.2. The van der Waals surface area contributed by atoms with Gasteiger partial charge in [0, 0.05) is 33.6 Å². The van der Waals surface area contributed by atoms with Crippen LogP contribution in [0.25, 0.3) is 33.3 Å². The SMILES string of the molecule is CC(C)(C)c1ccc2c(n1)oc1c(-c3cc(CC4CC5CCC4CC5)ccn3)cccc12. The van der Waals surface area contributed by atoms with Crippen LogP contribution in [0.15, 0.2) is 53.1 Å². The Hall–Kier alpha value is -2.68. The Labute approximate surface area is 190 Å². The summed E-state index contributed by atoms with van der Waals surface area (Å²) < 4.78 is 6.35. The van der Waals surface area contributed by atoms with E-state index in [4.69, 9.17) is 14.4 Å². The molecule has 3 aliphatic rings. The van der Waals surface area contributed by atoms with Crippen LogP contribution in [0.4, 0.5) is 0 Å². The van der Waals surface area contributed by atoms with Crippen LogP contribution in [-0.2, 0) is 11.8 Å². The Morgan fingerprint density at radius 1 is 0.969 bits per heavy atom. The molecule has 3 aromatic heterocycles. The lowest BCUT2D eigenvalue weighted by Crippen LogP contribution is -2.32. The third kappa shape index (κ3) is 3.43. The van der Waals surface area contributed by atoms with Crippen LogP contribution < -0.4 is 0 Å². The highest BCUT2D eigenvalue weighted by Crippen LogP contribution is 2.46. The molecule has 0 saturated heterocycles. The molecule has 0 spiro atoms. The maximum Gasteiger partial charge on any atom is 0.227 e. The molecule has 2 bridgehead atoms. The second-order valence-electron chi connectivity index (χ2n) is 11.1. The van der Waals surface area contributed by atoms with Crippen LogP contribution in [0.3, 0.4) is 0 Å². The van der Waals surface area contributed by atoms with Gasteiger partial charge in [-0.05, 0) is 79.3 Å². The van der Waals surface area contributed by atoms with Gasteiger partial charge in [0.2, 0.25) is 5.71 Å². The molecule has 0 N–H and O–H groups in total. The minimum atomic E-state index is -0.00948. The number of pyridine rings is 2. The van der Waals surface area contributed by atoms with Crippen LogP contribution in [0.5, 0.6) is 0 Å². The van der Waals surface area contributed by atoms with E-state index in [0.29, 0.717) is 5.71 Å². The minimum absolute atomic E-state index is 0.00948. The maximum atomic E-state index is 6.35. The first-order chi connectivity index (χ1) is 15.5. The van der Waals surface area contributed by atoms with Crippen molar-refractivity contribution in [3.63, 3.8) is 0 Å². The molecule has 3 heteroatoms. The molecule has 1 aromatic carbocycles. The smallest absolute Gasteiger partial charge is 0.227 e. The highest BCUT2D eigenvalue weighted by Gasteiger charge is 2.35. The van der Waals surface area contributed by atoms with Gasteiger partial charge in [0.05, 0.1) is 5.69 Å². The summed E-state index contributed by atoms with van der Waals surface area (Å²) in [6.07, 6.45) is 10.4. The van der Waals surface area contributed by atoms with Gasteiger partial charge < -0.3 is 4.42 Å². The first-order valence-corrected chi connectivity index (χ1v) is 12.2. The Morgan fingerprint density at radius 3 is 2.56 bits per heavy atom. The Balaban J connectivity index is 1.38. The van der Waals surface area contributed by atoms with E-state index in [0.717, 1.165) is 51.1 Å². The highest BCUT2D eigenvalue weighted by molar-refractivity contribution is 6.08. The van der Waals surface area contributed by atoms with Gasteiger partial charge >= 0.3 is 0 Å². The van der Waals surface area contributed by atoms with Crippen molar-refractivity contribution in [2.24, 2.45) is 17.8 Å². The van der Waals surface area contributed by atoms with E-state index in [1.54, 1.807) is 0 Å². The molecule has 0 amide bonds. The number of fused-ring (bicyclic) bond motifs is 6. The maximum absolute atomic E-state index is 6.35. The van der Waals surface area contributed by atoms with Crippen molar-refractivity contribution < 1.29 is 4.42 Å². The molecule has 32 heavy (non-hydrogen) atoms. The van der Waals surface area contributed by atoms with Gasteiger partial charge in [0.1, 0.15) is 5.58 Å². The normalized spacial score (nSPS) is 23.3. The Bertz CT molecular complexity index is 1290. The monoisotopic (exact) mass is 424 g/mol. The summed E-state index contributed by atoms with van der Waals surface area (Å²) in [6.45, 7) is 6.55. The second-order valence-corrected chi connectivity index (χ2v) is 11.1. The van der Waals surface area contributed by atoms with Gasteiger partial charge in [-0.1, -0.05) is 45.7 Å². The van der Waals surface area contributed by atoms with Crippen LogP contribution >= 0.6 is 0 Å². The van der Waals surface area contributed by atoms with E-state index in [9.17, 15) is 0 Å². The van der Waals surface area contributed by atoms with Crippen molar-refractivity contribution in [3.8, 4) is 11.3 Å². The molecule has 0 aliphatic heterocycles. The number of benzene rings is 1. The average molecular weight is 425 g/mol. The standard InChI is InChI=1S/C29H32N2O/c1-29(2,3)26-12-11-23-22-5-4-6-24(27(22)32-28(23)31-26)25-17-19(13-14-30-25)16-21-15-18-7-9-20(21)10-8-18/h4-6,11-14,17-18,20-21H,7-10,15-16H2,1-3H3. The molecule has 7 rings (SSSR count). The number of nitrogens with zero attached hydrogens (tertiary/aromatic N) is 2. The van der Waals surface area contributed by atoms with Crippen molar-refractivity contribution in [3.05, 3.63) is 59.9 Å². The van der Waals surface area contributed by atoms with Gasteiger partial charge in [0.25, 0.3) is 0 Å². The number of furan rings is 1. The molecule has 4 aromatic rings. The molecule has 0 radical (unpaired) electrons. The summed E-state index contributed by atoms with van der Waals surface area (Å²) in [5.41, 5.74) is 6.12. The molecule has 1 atom stereocenters. The fourth-order valence-electron chi connectivity index (χ4n) is 6.12.